The first-order chi connectivity index (χ1) is 9.65. The van der Waals surface area contributed by atoms with Gasteiger partial charge in [0.25, 0.3) is 5.69 Å². The van der Waals surface area contributed by atoms with Gasteiger partial charge in [-0.3, -0.25) is 10.1 Å². The van der Waals surface area contributed by atoms with Crippen LogP contribution in [0.4, 0.5) is 11.6 Å². The number of aromatic amines is 1. The molecule has 0 bridgehead atoms. The van der Waals surface area contributed by atoms with Gasteiger partial charge in [0.15, 0.2) is 0 Å². The average Bonchev–Trinajstić information content (AvgIpc) is 2.85. The van der Waals surface area contributed by atoms with Gasteiger partial charge in [0, 0.05) is 31.8 Å². The second-order valence-corrected chi connectivity index (χ2v) is 4.65. The number of unbranched alkanes of at least 4 members (excludes halogenated alkanes) is 1. The number of fused-ring (bicyclic) bond motifs is 1. The van der Waals surface area contributed by atoms with E-state index in [1.165, 1.54) is 12.1 Å². The Labute approximate surface area is 116 Å². The Morgan fingerprint density at radius 1 is 1.45 bits per heavy atom. The van der Waals surface area contributed by atoms with Crippen molar-refractivity contribution in [2.24, 2.45) is 5.73 Å². The van der Waals surface area contributed by atoms with Gasteiger partial charge in [0.1, 0.15) is 0 Å². The first kappa shape index (κ1) is 14.3. The Bertz CT molecular complexity index is 595. The minimum absolute atomic E-state index is 0.0617. The van der Waals surface area contributed by atoms with E-state index in [1.807, 2.05) is 0 Å². The summed E-state index contributed by atoms with van der Waals surface area (Å²) in [6.45, 7) is 4.25. The number of hydrogen-bond acceptors (Lipinski definition) is 5. The van der Waals surface area contributed by atoms with Crippen molar-refractivity contribution in [3.63, 3.8) is 0 Å². The number of nitrogens with one attached hydrogen (secondary N) is 1. The zero-order chi connectivity index (χ0) is 14.5. The van der Waals surface area contributed by atoms with Crippen LogP contribution in [-0.2, 0) is 0 Å². The van der Waals surface area contributed by atoms with E-state index in [9.17, 15) is 10.1 Å². The summed E-state index contributed by atoms with van der Waals surface area (Å²) in [5.74, 6) is 0.722. The summed E-state index contributed by atoms with van der Waals surface area (Å²) in [6.07, 6.45) is 2.14. The Kier molecular flexibility index (Phi) is 4.52. The van der Waals surface area contributed by atoms with Crippen LogP contribution >= 0.6 is 0 Å². The Hall–Kier alpha value is -2.15. The molecule has 0 amide bonds. The van der Waals surface area contributed by atoms with Gasteiger partial charge in [-0.2, -0.15) is 0 Å². The number of rotatable bonds is 7. The smallest absolute Gasteiger partial charge is 0.271 e. The molecule has 0 aliphatic rings. The highest BCUT2D eigenvalue weighted by Gasteiger charge is 2.13. The standard InChI is InChI=1S/C13H19N5O2/c1-2-3-7-17(8-6-14)13-15-11-5-4-10(18(19)20)9-12(11)16-13/h4-5,9H,2-3,6-8,14H2,1H3,(H,15,16). The summed E-state index contributed by atoms with van der Waals surface area (Å²) in [5.41, 5.74) is 7.09. The normalized spacial score (nSPS) is 10.9. The largest absolute Gasteiger partial charge is 0.341 e. The van der Waals surface area contributed by atoms with E-state index in [1.54, 1.807) is 6.07 Å². The van der Waals surface area contributed by atoms with Gasteiger partial charge in [-0.25, -0.2) is 4.98 Å². The van der Waals surface area contributed by atoms with Crippen LogP contribution in [0.1, 0.15) is 19.8 Å². The lowest BCUT2D eigenvalue weighted by Gasteiger charge is -2.20. The number of nitro benzene ring substituents is 1. The van der Waals surface area contributed by atoms with Crippen molar-refractivity contribution in [1.29, 1.82) is 0 Å². The molecule has 0 saturated carbocycles. The molecule has 0 aliphatic carbocycles. The Morgan fingerprint density at radius 3 is 2.90 bits per heavy atom. The SMILES string of the molecule is CCCCN(CCN)c1nc2ccc([N+](=O)[O-])cc2[nH]1. The molecule has 0 atom stereocenters. The molecule has 0 saturated heterocycles. The molecule has 7 heteroatoms. The van der Waals surface area contributed by atoms with Crippen molar-refractivity contribution in [2.75, 3.05) is 24.5 Å². The number of nitro groups is 1. The molecule has 3 N–H and O–H groups in total. The number of nitrogens with zero attached hydrogens (tertiary/aromatic N) is 3. The maximum atomic E-state index is 10.8. The van der Waals surface area contributed by atoms with Crippen LogP contribution in [0.2, 0.25) is 0 Å². The van der Waals surface area contributed by atoms with E-state index in [0.717, 1.165) is 30.9 Å². The third-order valence-electron chi connectivity index (χ3n) is 3.14. The quantitative estimate of drug-likeness (QED) is 0.595. The molecule has 0 radical (unpaired) electrons. The maximum absolute atomic E-state index is 10.8. The van der Waals surface area contributed by atoms with Crippen molar-refractivity contribution < 1.29 is 4.92 Å². The zero-order valence-corrected chi connectivity index (χ0v) is 11.5. The van der Waals surface area contributed by atoms with Crippen LogP contribution < -0.4 is 10.6 Å². The number of non-ortho nitro benzene ring substituents is 1. The van der Waals surface area contributed by atoms with E-state index in [-0.39, 0.29) is 5.69 Å². The van der Waals surface area contributed by atoms with Crippen molar-refractivity contribution >= 4 is 22.7 Å². The van der Waals surface area contributed by atoms with E-state index >= 15 is 0 Å². The summed E-state index contributed by atoms with van der Waals surface area (Å²) >= 11 is 0. The predicted octanol–water partition coefficient (Wildman–Crippen LogP) is 2.04. The minimum atomic E-state index is -0.408. The number of benzene rings is 1. The number of H-pyrrole nitrogens is 1. The van der Waals surface area contributed by atoms with Gasteiger partial charge in [-0.15, -0.1) is 0 Å². The molecule has 0 fully saturated rings. The second-order valence-electron chi connectivity index (χ2n) is 4.65. The Balaban J connectivity index is 2.30. The summed E-state index contributed by atoms with van der Waals surface area (Å²) in [6, 6.07) is 4.63. The number of anilines is 1. The highest BCUT2D eigenvalue weighted by atomic mass is 16.6. The lowest BCUT2D eigenvalue weighted by atomic mass is 10.3. The first-order valence-electron chi connectivity index (χ1n) is 6.75. The fourth-order valence-electron chi connectivity index (χ4n) is 2.08. The molecule has 20 heavy (non-hydrogen) atoms. The van der Waals surface area contributed by atoms with Crippen LogP contribution in [0.25, 0.3) is 11.0 Å². The summed E-state index contributed by atoms with van der Waals surface area (Å²) < 4.78 is 0. The van der Waals surface area contributed by atoms with Crippen molar-refractivity contribution in [3.05, 3.63) is 28.3 Å². The molecular formula is C13H19N5O2. The molecule has 2 rings (SSSR count). The molecule has 0 unspecified atom stereocenters. The summed E-state index contributed by atoms with van der Waals surface area (Å²) in [5, 5.41) is 10.8. The summed E-state index contributed by atoms with van der Waals surface area (Å²) in [7, 11) is 0. The number of imidazole rings is 1. The van der Waals surface area contributed by atoms with Crippen LogP contribution in [0, 0.1) is 10.1 Å². The molecule has 2 aromatic rings. The minimum Gasteiger partial charge on any atom is -0.341 e. The van der Waals surface area contributed by atoms with Gasteiger partial charge in [-0.05, 0) is 12.5 Å². The third-order valence-corrected chi connectivity index (χ3v) is 3.14. The van der Waals surface area contributed by atoms with Gasteiger partial charge in [-0.1, -0.05) is 13.3 Å². The molecular weight excluding hydrogens is 258 g/mol. The van der Waals surface area contributed by atoms with Crippen LogP contribution in [0.5, 0.6) is 0 Å². The van der Waals surface area contributed by atoms with E-state index in [0.29, 0.717) is 18.6 Å². The van der Waals surface area contributed by atoms with Crippen molar-refractivity contribution in [1.82, 2.24) is 9.97 Å². The lowest BCUT2D eigenvalue weighted by molar-refractivity contribution is -0.384. The number of hydrogen-bond donors (Lipinski definition) is 2. The highest BCUT2D eigenvalue weighted by Crippen LogP contribution is 2.22. The van der Waals surface area contributed by atoms with Crippen LogP contribution in [0.3, 0.4) is 0 Å². The van der Waals surface area contributed by atoms with Crippen molar-refractivity contribution in [2.45, 2.75) is 19.8 Å². The van der Waals surface area contributed by atoms with Gasteiger partial charge in [0.2, 0.25) is 5.95 Å². The number of aromatic nitrogens is 2. The molecule has 0 spiro atoms. The molecule has 7 nitrogen and oxygen atoms in total. The second kappa shape index (κ2) is 6.33. The van der Waals surface area contributed by atoms with Gasteiger partial charge < -0.3 is 15.6 Å². The summed E-state index contributed by atoms with van der Waals surface area (Å²) in [4.78, 5) is 20.1. The fourth-order valence-corrected chi connectivity index (χ4v) is 2.08. The molecule has 1 aromatic heterocycles. The van der Waals surface area contributed by atoms with E-state index in [4.69, 9.17) is 5.73 Å². The van der Waals surface area contributed by atoms with E-state index < -0.39 is 4.92 Å². The number of nitrogens with two attached hydrogens (primary N) is 1. The molecule has 1 aromatic carbocycles. The molecule has 0 aliphatic heterocycles. The fraction of sp³-hybridized carbons (Fsp3) is 0.462. The third kappa shape index (κ3) is 3.05. The topological polar surface area (TPSA) is 101 Å². The monoisotopic (exact) mass is 277 g/mol. The highest BCUT2D eigenvalue weighted by molar-refractivity contribution is 5.80. The van der Waals surface area contributed by atoms with E-state index in [2.05, 4.69) is 21.8 Å². The molecule has 1 heterocycles. The van der Waals surface area contributed by atoms with Crippen molar-refractivity contribution in [3.8, 4) is 0 Å². The average molecular weight is 277 g/mol. The first-order valence-corrected chi connectivity index (χ1v) is 6.75. The van der Waals surface area contributed by atoms with Crippen LogP contribution in [-0.4, -0.2) is 34.5 Å². The van der Waals surface area contributed by atoms with Gasteiger partial charge >= 0.3 is 0 Å². The predicted molar refractivity (Wildman–Crippen MR) is 78.9 cm³/mol. The molecule has 108 valence electrons. The lowest BCUT2D eigenvalue weighted by Crippen LogP contribution is -2.31. The van der Waals surface area contributed by atoms with Crippen LogP contribution in [0.15, 0.2) is 18.2 Å². The Morgan fingerprint density at radius 2 is 2.25 bits per heavy atom. The maximum Gasteiger partial charge on any atom is 0.271 e. The zero-order valence-electron chi connectivity index (χ0n) is 11.5. The van der Waals surface area contributed by atoms with Gasteiger partial charge in [0.05, 0.1) is 16.0 Å².